The van der Waals surface area contributed by atoms with Crippen LogP contribution in [0.15, 0.2) is 41.9 Å². The summed E-state index contributed by atoms with van der Waals surface area (Å²) in [5, 5.41) is 2.50. The predicted molar refractivity (Wildman–Crippen MR) is 92.8 cm³/mol. The van der Waals surface area contributed by atoms with Crippen molar-refractivity contribution < 1.29 is 23.1 Å². The summed E-state index contributed by atoms with van der Waals surface area (Å²) >= 11 is 1.39. The van der Waals surface area contributed by atoms with Crippen molar-refractivity contribution in [1.29, 1.82) is 0 Å². The van der Waals surface area contributed by atoms with E-state index in [1.165, 1.54) is 17.4 Å². The number of ether oxygens (including phenoxy) is 1. The van der Waals surface area contributed by atoms with E-state index in [0.717, 1.165) is 22.3 Å². The van der Waals surface area contributed by atoms with Gasteiger partial charge in [-0.2, -0.15) is 0 Å². The van der Waals surface area contributed by atoms with Crippen LogP contribution >= 0.6 is 11.3 Å². The second kappa shape index (κ2) is 7.57. The van der Waals surface area contributed by atoms with E-state index < -0.39 is 36.2 Å². The smallest absolute Gasteiger partial charge is 0.338 e. The molecule has 134 valence electrons. The van der Waals surface area contributed by atoms with Gasteiger partial charge in [0.25, 0.3) is 5.91 Å². The average Bonchev–Trinajstić information content (AvgIpc) is 3.07. The van der Waals surface area contributed by atoms with Gasteiger partial charge < -0.3 is 10.1 Å². The van der Waals surface area contributed by atoms with Crippen LogP contribution in [0.1, 0.15) is 28.9 Å². The molecule has 0 aliphatic heterocycles. The van der Waals surface area contributed by atoms with Crippen molar-refractivity contribution in [1.82, 2.24) is 10.3 Å². The molecular formula is C18H14F2N2O3S. The first kappa shape index (κ1) is 17.9. The quantitative estimate of drug-likeness (QED) is 0.691. The molecule has 0 spiro atoms. The Hall–Kier alpha value is -2.87. The van der Waals surface area contributed by atoms with Gasteiger partial charge in [0.1, 0.15) is 11.6 Å². The van der Waals surface area contributed by atoms with Gasteiger partial charge in [0.15, 0.2) is 6.61 Å². The molecule has 0 saturated carbocycles. The maximum absolute atomic E-state index is 13.7. The van der Waals surface area contributed by atoms with Gasteiger partial charge in [0, 0.05) is 11.6 Å². The van der Waals surface area contributed by atoms with Crippen LogP contribution in [0.4, 0.5) is 8.78 Å². The number of carbonyl (C=O) groups is 2. The number of halogens is 2. The van der Waals surface area contributed by atoms with Crippen molar-refractivity contribution in [2.45, 2.75) is 13.0 Å². The van der Waals surface area contributed by atoms with Gasteiger partial charge in [-0.25, -0.2) is 18.6 Å². The minimum Gasteiger partial charge on any atom is -0.452 e. The van der Waals surface area contributed by atoms with Gasteiger partial charge in [0.05, 0.1) is 27.3 Å². The summed E-state index contributed by atoms with van der Waals surface area (Å²) < 4.78 is 32.5. The molecule has 0 saturated heterocycles. The maximum Gasteiger partial charge on any atom is 0.338 e. The first-order valence-electron chi connectivity index (χ1n) is 7.68. The van der Waals surface area contributed by atoms with Crippen molar-refractivity contribution in [3.05, 3.63) is 64.7 Å². The predicted octanol–water partition coefficient (Wildman–Crippen LogP) is 3.61. The number of esters is 1. The fraction of sp³-hybridized carbons (Fsp3) is 0.167. The van der Waals surface area contributed by atoms with Gasteiger partial charge in [-0.1, -0.05) is 6.07 Å². The van der Waals surface area contributed by atoms with Crippen LogP contribution in [0.3, 0.4) is 0 Å². The first-order valence-corrected chi connectivity index (χ1v) is 8.56. The summed E-state index contributed by atoms with van der Waals surface area (Å²) in [6.07, 6.45) is 0. The number of hydrogen-bond acceptors (Lipinski definition) is 5. The van der Waals surface area contributed by atoms with Crippen LogP contribution in [0.25, 0.3) is 10.2 Å². The largest absolute Gasteiger partial charge is 0.452 e. The van der Waals surface area contributed by atoms with Crippen molar-refractivity contribution in [2.24, 2.45) is 0 Å². The second-order valence-electron chi connectivity index (χ2n) is 5.57. The Labute approximate surface area is 151 Å². The second-order valence-corrected chi connectivity index (χ2v) is 6.45. The fourth-order valence-corrected chi connectivity index (χ4v) is 3.13. The number of hydrogen-bond donors (Lipinski definition) is 1. The lowest BCUT2D eigenvalue weighted by molar-refractivity contribution is -0.124. The summed E-state index contributed by atoms with van der Waals surface area (Å²) in [5.74, 6) is -2.69. The van der Waals surface area contributed by atoms with E-state index in [9.17, 15) is 18.4 Å². The first-order chi connectivity index (χ1) is 12.4. The summed E-state index contributed by atoms with van der Waals surface area (Å²) in [6, 6.07) is 7.32. The third-order valence-electron chi connectivity index (χ3n) is 3.71. The van der Waals surface area contributed by atoms with Crippen LogP contribution in [-0.2, 0) is 9.53 Å². The van der Waals surface area contributed by atoms with Gasteiger partial charge >= 0.3 is 5.97 Å². The zero-order chi connectivity index (χ0) is 18.7. The van der Waals surface area contributed by atoms with E-state index in [1.807, 2.05) is 0 Å². The molecule has 0 bridgehead atoms. The van der Waals surface area contributed by atoms with Crippen LogP contribution in [0.5, 0.6) is 0 Å². The van der Waals surface area contributed by atoms with E-state index in [-0.39, 0.29) is 5.56 Å². The molecule has 0 aliphatic rings. The Kier molecular flexibility index (Phi) is 5.22. The van der Waals surface area contributed by atoms with E-state index in [4.69, 9.17) is 4.74 Å². The topological polar surface area (TPSA) is 68.3 Å². The normalized spacial score (nSPS) is 12.0. The summed E-state index contributed by atoms with van der Waals surface area (Å²) in [7, 11) is 0. The molecule has 8 heteroatoms. The highest BCUT2D eigenvalue weighted by molar-refractivity contribution is 7.16. The maximum atomic E-state index is 13.7. The molecule has 1 atom stereocenters. The molecule has 5 nitrogen and oxygen atoms in total. The number of rotatable bonds is 5. The minimum absolute atomic E-state index is 0.140. The Morgan fingerprint density at radius 3 is 2.81 bits per heavy atom. The van der Waals surface area contributed by atoms with Gasteiger partial charge in [0.2, 0.25) is 0 Å². The highest BCUT2D eigenvalue weighted by Gasteiger charge is 2.16. The number of nitrogens with one attached hydrogen (secondary N) is 1. The molecule has 0 radical (unpaired) electrons. The molecule has 0 aliphatic carbocycles. The number of fused-ring (bicyclic) bond motifs is 1. The molecule has 3 aromatic rings. The van der Waals surface area contributed by atoms with Gasteiger partial charge in [-0.15, -0.1) is 11.3 Å². The standard InChI is InChI=1S/C18H14F2N2O3S/c1-10(13-4-3-12(19)7-14(13)20)22-17(23)8-25-18(24)11-2-5-15-16(6-11)26-9-21-15/h2-7,9-10H,8H2,1H3,(H,22,23)/t10-/m0/s1. The van der Waals surface area contributed by atoms with Crippen molar-refractivity contribution in [2.75, 3.05) is 6.61 Å². The lowest BCUT2D eigenvalue weighted by atomic mass is 10.1. The van der Waals surface area contributed by atoms with Crippen molar-refractivity contribution >= 4 is 33.4 Å². The highest BCUT2D eigenvalue weighted by Crippen LogP contribution is 2.20. The summed E-state index contributed by atoms with van der Waals surface area (Å²) in [6.45, 7) is 1.04. The highest BCUT2D eigenvalue weighted by atomic mass is 32.1. The summed E-state index contributed by atoms with van der Waals surface area (Å²) in [4.78, 5) is 28.1. The van der Waals surface area contributed by atoms with Crippen LogP contribution in [-0.4, -0.2) is 23.5 Å². The number of benzene rings is 2. The molecular weight excluding hydrogens is 362 g/mol. The molecule has 0 unspecified atom stereocenters. The van der Waals surface area contributed by atoms with Gasteiger partial charge in [-0.05, 0) is 31.2 Å². The van der Waals surface area contributed by atoms with E-state index in [1.54, 1.807) is 30.6 Å². The number of carbonyl (C=O) groups excluding carboxylic acids is 2. The van der Waals surface area contributed by atoms with Crippen LogP contribution in [0, 0.1) is 11.6 Å². The molecule has 2 aromatic carbocycles. The molecule has 1 heterocycles. The average molecular weight is 376 g/mol. The lowest BCUT2D eigenvalue weighted by Gasteiger charge is -2.15. The van der Waals surface area contributed by atoms with Crippen LogP contribution < -0.4 is 5.32 Å². The van der Waals surface area contributed by atoms with E-state index >= 15 is 0 Å². The van der Waals surface area contributed by atoms with E-state index in [2.05, 4.69) is 10.3 Å². The molecule has 1 amide bonds. The summed E-state index contributed by atoms with van der Waals surface area (Å²) in [5.41, 5.74) is 2.90. The zero-order valence-corrected chi connectivity index (χ0v) is 14.5. The Bertz CT molecular complexity index is 974. The number of amides is 1. The monoisotopic (exact) mass is 376 g/mol. The van der Waals surface area contributed by atoms with E-state index in [0.29, 0.717) is 5.56 Å². The number of thiazole rings is 1. The lowest BCUT2D eigenvalue weighted by Crippen LogP contribution is -2.31. The third kappa shape index (κ3) is 4.02. The Morgan fingerprint density at radius 2 is 2.04 bits per heavy atom. The molecule has 1 N–H and O–H groups in total. The Balaban J connectivity index is 1.56. The Morgan fingerprint density at radius 1 is 1.23 bits per heavy atom. The van der Waals surface area contributed by atoms with Crippen LogP contribution in [0.2, 0.25) is 0 Å². The number of aromatic nitrogens is 1. The molecule has 26 heavy (non-hydrogen) atoms. The molecule has 0 fully saturated rings. The molecule has 1 aromatic heterocycles. The third-order valence-corrected chi connectivity index (χ3v) is 4.50. The van der Waals surface area contributed by atoms with Crippen molar-refractivity contribution in [3.8, 4) is 0 Å². The zero-order valence-electron chi connectivity index (χ0n) is 13.7. The van der Waals surface area contributed by atoms with Gasteiger partial charge in [-0.3, -0.25) is 4.79 Å². The number of nitrogens with zero attached hydrogens (tertiary/aromatic N) is 1. The fourth-order valence-electron chi connectivity index (χ4n) is 2.41. The SMILES string of the molecule is C[C@H](NC(=O)COC(=O)c1ccc2ncsc2c1)c1ccc(F)cc1F. The van der Waals surface area contributed by atoms with Crippen molar-refractivity contribution in [3.63, 3.8) is 0 Å². The molecule has 3 rings (SSSR count). The minimum atomic E-state index is -0.757.